The average molecular weight is 296 g/mol. The molecule has 1 aromatic rings. The summed E-state index contributed by atoms with van der Waals surface area (Å²) in [6.07, 6.45) is 3.25. The molecule has 1 aromatic carbocycles. The van der Waals surface area contributed by atoms with Gasteiger partial charge < -0.3 is 10.5 Å². The molecule has 0 saturated carbocycles. The van der Waals surface area contributed by atoms with Crippen LogP contribution in [0.25, 0.3) is 0 Å². The number of ether oxygens (including phenoxy) is 1. The van der Waals surface area contributed by atoms with Crippen LogP contribution in [0.3, 0.4) is 0 Å². The van der Waals surface area contributed by atoms with Crippen molar-refractivity contribution >= 4 is 24.4 Å². The van der Waals surface area contributed by atoms with E-state index in [1.54, 1.807) is 6.26 Å². The van der Waals surface area contributed by atoms with Crippen LogP contribution in [-0.4, -0.2) is 18.0 Å². The zero-order chi connectivity index (χ0) is 15.3. The Morgan fingerprint density at radius 2 is 2.05 bits per heavy atom. The molecule has 0 radical (unpaired) electrons. The second kappa shape index (κ2) is 6.99. The van der Waals surface area contributed by atoms with Crippen LogP contribution in [0.5, 0.6) is 0 Å². The Labute approximate surface area is 126 Å². The van der Waals surface area contributed by atoms with Crippen molar-refractivity contribution in [1.82, 2.24) is 0 Å². The maximum Gasteiger partial charge on any atom is 0.412 e. The number of nitrogens with one attached hydrogen (secondary N) is 1. The van der Waals surface area contributed by atoms with E-state index in [9.17, 15) is 4.79 Å². The third kappa shape index (κ3) is 4.72. The Morgan fingerprint density at radius 1 is 1.40 bits per heavy atom. The number of nitrogens with two attached hydrogens (primary N) is 1. The Kier molecular flexibility index (Phi) is 5.89. The summed E-state index contributed by atoms with van der Waals surface area (Å²) in [6.45, 7) is 5.52. The maximum absolute atomic E-state index is 11.6. The molecule has 0 spiro atoms. The summed E-state index contributed by atoms with van der Waals surface area (Å²) < 4.78 is 5.21. The van der Waals surface area contributed by atoms with Gasteiger partial charge in [0.25, 0.3) is 0 Å². The van der Waals surface area contributed by atoms with Gasteiger partial charge in [-0.3, -0.25) is 5.32 Å². The lowest BCUT2D eigenvalue weighted by Crippen LogP contribution is -2.27. The molecule has 0 aliphatic heterocycles. The molecule has 1 aliphatic rings. The lowest BCUT2D eigenvalue weighted by atomic mass is 10.1. The zero-order valence-corrected chi connectivity index (χ0v) is 13.5. The van der Waals surface area contributed by atoms with Gasteiger partial charge in [0.1, 0.15) is 5.60 Å². The number of amides is 1. The number of aryl methyl sites for hydroxylation is 1. The summed E-state index contributed by atoms with van der Waals surface area (Å²) in [6, 6.07) is 5.94. The van der Waals surface area contributed by atoms with Crippen molar-refractivity contribution in [1.29, 1.82) is 0 Å². The predicted molar refractivity (Wildman–Crippen MR) is 86.5 cm³/mol. The molecule has 1 amide bonds. The number of rotatable bonds is 1. The van der Waals surface area contributed by atoms with Crippen LogP contribution in [0.15, 0.2) is 18.2 Å². The molecule has 0 heterocycles. The lowest BCUT2D eigenvalue weighted by molar-refractivity contribution is 0.0636. The first-order valence-electron chi connectivity index (χ1n) is 6.68. The van der Waals surface area contributed by atoms with E-state index in [1.165, 1.54) is 5.56 Å². The average Bonchev–Trinajstić information content (AvgIpc) is 2.71. The first-order valence-corrected chi connectivity index (χ1v) is 7.58. The molecule has 1 atom stereocenters. The third-order valence-corrected chi connectivity index (χ3v) is 2.92. The minimum absolute atomic E-state index is 0.0837. The predicted octanol–water partition coefficient (Wildman–Crippen LogP) is 3.53. The van der Waals surface area contributed by atoms with Gasteiger partial charge in [0, 0.05) is 11.7 Å². The van der Waals surface area contributed by atoms with Crippen LogP contribution < -0.4 is 11.1 Å². The fraction of sp³-hybridized carbons (Fsp3) is 0.533. The van der Waals surface area contributed by atoms with E-state index in [-0.39, 0.29) is 6.04 Å². The Balaban J connectivity index is 0.000000956. The number of thiol groups is 1. The van der Waals surface area contributed by atoms with E-state index in [0.29, 0.717) is 0 Å². The van der Waals surface area contributed by atoms with Crippen LogP contribution >= 0.6 is 12.6 Å². The second-order valence-electron chi connectivity index (χ2n) is 5.69. The highest BCUT2D eigenvalue weighted by Gasteiger charge is 2.20. The number of fused-ring (bicyclic) bond motifs is 1. The highest BCUT2D eigenvalue weighted by atomic mass is 32.1. The first-order chi connectivity index (χ1) is 9.35. The standard InChI is InChI=1S/C14H20N2O2.CH4S/c1-14(2,3)18-13(17)16-10-6-4-9-5-7-12(15)11(9)8-10;1-2/h4,6,8,12H,5,7,15H2,1-3H3,(H,16,17);2H,1H3. The van der Waals surface area contributed by atoms with Crippen molar-refractivity contribution in [3.8, 4) is 0 Å². The quantitative estimate of drug-likeness (QED) is 0.695. The largest absolute Gasteiger partial charge is 0.444 e. The molecule has 1 unspecified atom stereocenters. The number of hydrogen-bond donors (Lipinski definition) is 3. The van der Waals surface area contributed by atoms with Crippen LogP contribution in [0.2, 0.25) is 0 Å². The summed E-state index contributed by atoms with van der Waals surface area (Å²) >= 11 is 3.53. The Bertz CT molecular complexity index is 469. The molecule has 5 heteroatoms. The highest BCUT2D eigenvalue weighted by molar-refractivity contribution is 7.79. The Morgan fingerprint density at radius 3 is 2.65 bits per heavy atom. The first kappa shape index (κ1) is 16.9. The molecule has 2 rings (SSSR count). The molecule has 0 saturated heterocycles. The normalized spacial score (nSPS) is 16.8. The summed E-state index contributed by atoms with van der Waals surface area (Å²) in [4.78, 5) is 11.6. The molecule has 0 fully saturated rings. The number of carbonyl (C=O) groups excluding carboxylic acids is 1. The minimum Gasteiger partial charge on any atom is -0.444 e. The van der Waals surface area contributed by atoms with Crippen molar-refractivity contribution in [3.05, 3.63) is 29.3 Å². The van der Waals surface area contributed by atoms with Crippen molar-refractivity contribution < 1.29 is 9.53 Å². The van der Waals surface area contributed by atoms with Gasteiger partial charge in [0.15, 0.2) is 0 Å². The van der Waals surface area contributed by atoms with Crippen molar-refractivity contribution in [2.45, 2.75) is 45.3 Å². The maximum atomic E-state index is 11.6. The molecule has 0 bridgehead atoms. The van der Waals surface area contributed by atoms with E-state index in [2.05, 4.69) is 17.9 Å². The van der Waals surface area contributed by atoms with E-state index in [1.807, 2.05) is 39.0 Å². The second-order valence-corrected chi connectivity index (χ2v) is 5.69. The molecule has 0 aromatic heterocycles. The van der Waals surface area contributed by atoms with Crippen LogP contribution in [0, 0.1) is 0 Å². The number of carbonyl (C=O) groups is 1. The van der Waals surface area contributed by atoms with Gasteiger partial charge in [-0.25, -0.2) is 4.79 Å². The molecular formula is C15H24N2O2S. The summed E-state index contributed by atoms with van der Waals surface area (Å²) in [5.41, 5.74) is 8.65. The molecular weight excluding hydrogens is 272 g/mol. The van der Waals surface area contributed by atoms with Gasteiger partial charge in [-0.1, -0.05) is 6.07 Å². The summed E-state index contributed by atoms with van der Waals surface area (Å²) in [7, 11) is 0. The molecule has 20 heavy (non-hydrogen) atoms. The van der Waals surface area contributed by atoms with E-state index in [0.717, 1.165) is 24.1 Å². The zero-order valence-electron chi connectivity index (χ0n) is 12.6. The van der Waals surface area contributed by atoms with Crippen molar-refractivity contribution in [3.63, 3.8) is 0 Å². The van der Waals surface area contributed by atoms with E-state index in [4.69, 9.17) is 10.5 Å². The molecule has 4 nitrogen and oxygen atoms in total. The Hall–Kier alpha value is -1.20. The number of benzene rings is 1. The van der Waals surface area contributed by atoms with E-state index >= 15 is 0 Å². The monoisotopic (exact) mass is 296 g/mol. The fourth-order valence-corrected chi connectivity index (χ4v) is 2.13. The smallest absolute Gasteiger partial charge is 0.412 e. The van der Waals surface area contributed by atoms with Crippen LogP contribution in [0.4, 0.5) is 10.5 Å². The third-order valence-electron chi connectivity index (χ3n) is 2.92. The SMILES string of the molecule is CC(C)(C)OC(=O)Nc1ccc2c(c1)C(N)CC2.CS. The summed E-state index contributed by atoms with van der Waals surface area (Å²) in [5.74, 6) is 0. The van der Waals surface area contributed by atoms with Crippen molar-refractivity contribution in [2.24, 2.45) is 5.73 Å². The molecule has 1 aliphatic carbocycles. The lowest BCUT2D eigenvalue weighted by Gasteiger charge is -2.20. The topological polar surface area (TPSA) is 64.3 Å². The number of hydrogen-bond acceptors (Lipinski definition) is 4. The van der Waals surface area contributed by atoms with Crippen LogP contribution in [0.1, 0.15) is 44.4 Å². The molecule has 112 valence electrons. The molecule has 3 N–H and O–H groups in total. The van der Waals surface area contributed by atoms with Crippen molar-refractivity contribution in [2.75, 3.05) is 11.6 Å². The van der Waals surface area contributed by atoms with Gasteiger partial charge >= 0.3 is 6.09 Å². The number of anilines is 1. The van der Waals surface area contributed by atoms with Gasteiger partial charge in [0.2, 0.25) is 0 Å². The van der Waals surface area contributed by atoms with E-state index < -0.39 is 11.7 Å². The van der Waals surface area contributed by atoms with Gasteiger partial charge in [-0.05, 0) is 63.1 Å². The summed E-state index contributed by atoms with van der Waals surface area (Å²) in [5, 5.41) is 2.73. The van der Waals surface area contributed by atoms with Gasteiger partial charge in [0.05, 0.1) is 0 Å². The highest BCUT2D eigenvalue weighted by Crippen LogP contribution is 2.31. The minimum atomic E-state index is -0.489. The van der Waals surface area contributed by atoms with Gasteiger partial charge in [-0.15, -0.1) is 0 Å². The van der Waals surface area contributed by atoms with Crippen LogP contribution in [-0.2, 0) is 11.2 Å². The fourth-order valence-electron chi connectivity index (χ4n) is 2.13. The van der Waals surface area contributed by atoms with Gasteiger partial charge in [-0.2, -0.15) is 12.6 Å².